The van der Waals surface area contributed by atoms with Crippen LogP contribution in [0.1, 0.15) is 30.0 Å². The van der Waals surface area contributed by atoms with Crippen molar-refractivity contribution in [3.63, 3.8) is 0 Å². The molecular weight excluding hydrogens is 228 g/mol. The second-order valence-electron chi connectivity index (χ2n) is 3.95. The summed E-state index contributed by atoms with van der Waals surface area (Å²) in [5.41, 5.74) is 1.98. The first-order valence-corrected chi connectivity index (χ1v) is 5.17. The maximum Gasteiger partial charge on any atom is 0.272 e. The summed E-state index contributed by atoms with van der Waals surface area (Å²) in [6, 6.07) is 5.79. The van der Waals surface area contributed by atoms with E-state index >= 15 is 0 Å². The molecule has 1 aromatic carbocycles. The summed E-state index contributed by atoms with van der Waals surface area (Å²) in [5.74, 6) is 0. The fourth-order valence-corrected chi connectivity index (χ4v) is 2.01. The number of hydrogen-bond acceptors (Lipinski definition) is 3. The molecule has 16 heavy (non-hydrogen) atoms. The van der Waals surface area contributed by atoms with E-state index in [2.05, 4.69) is 5.32 Å². The average Bonchev–Trinajstić information content (AvgIpc) is 2.71. The van der Waals surface area contributed by atoms with Gasteiger partial charge in [0, 0.05) is 17.7 Å². The van der Waals surface area contributed by atoms with Gasteiger partial charge in [-0.3, -0.25) is 10.1 Å². The SMILES string of the molecule is Cc1ccc([C@H]2CCCN2)cc1[N+](=O)[O-].Cl. The van der Waals surface area contributed by atoms with E-state index in [-0.39, 0.29) is 23.0 Å². The third kappa shape index (κ3) is 2.51. The van der Waals surface area contributed by atoms with Crippen LogP contribution in [0.25, 0.3) is 0 Å². The van der Waals surface area contributed by atoms with Crippen molar-refractivity contribution >= 4 is 18.1 Å². The number of halogens is 1. The highest BCUT2D eigenvalue weighted by Crippen LogP contribution is 2.27. The molecule has 4 nitrogen and oxygen atoms in total. The summed E-state index contributed by atoms with van der Waals surface area (Å²) in [6.07, 6.45) is 2.21. The number of nitrogens with zero attached hydrogens (tertiary/aromatic N) is 1. The maximum absolute atomic E-state index is 10.8. The molecule has 2 rings (SSSR count). The van der Waals surface area contributed by atoms with Crippen LogP contribution in [0.15, 0.2) is 18.2 Å². The number of nitro benzene ring substituents is 1. The summed E-state index contributed by atoms with van der Waals surface area (Å²) in [6.45, 7) is 2.77. The molecular formula is C11H15ClN2O2. The summed E-state index contributed by atoms with van der Waals surface area (Å²) in [4.78, 5) is 10.5. The van der Waals surface area contributed by atoms with Gasteiger partial charge in [-0.15, -0.1) is 12.4 Å². The van der Waals surface area contributed by atoms with Gasteiger partial charge in [0.25, 0.3) is 5.69 Å². The Labute approximate surface area is 101 Å². The van der Waals surface area contributed by atoms with E-state index in [1.54, 1.807) is 13.0 Å². The highest BCUT2D eigenvalue weighted by atomic mass is 35.5. The standard InChI is InChI=1S/C11H14N2O2.ClH/c1-8-4-5-9(7-11(8)13(14)15)10-3-2-6-12-10;/h4-5,7,10,12H,2-3,6H2,1H3;1H/t10-;/m1./s1. The second kappa shape index (κ2) is 5.27. The van der Waals surface area contributed by atoms with Crippen molar-refractivity contribution in [2.45, 2.75) is 25.8 Å². The molecule has 0 amide bonds. The molecule has 0 bridgehead atoms. The van der Waals surface area contributed by atoms with Crippen LogP contribution in [-0.2, 0) is 0 Å². The molecule has 1 N–H and O–H groups in total. The first-order chi connectivity index (χ1) is 7.18. The van der Waals surface area contributed by atoms with Crippen LogP contribution in [0.3, 0.4) is 0 Å². The van der Waals surface area contributed by atoms with Crippen molar-refractivity contribution in [1.29, 1.82) is 0 Å². The van der Waals surface area contributed by atoms with E-state index < -0.39 is 0 Å². The number of nitrogens with one attached hydrogen (secondary N) is 1. The average molecular weight is 243 g/mol. The summed E-state index contributed by atoms with van der Waals surface area (Å²) < 4.78 is 0. The number of hydrogen-bond donors (Lipinski definition) is 1. The lowest BCUT2D eigenvalue weighted by molar-refractivity contribution is -0.385. The third-order valence-corrected chi connectivity index (χ3v) is 2.89. The Bertz CT molecular complexity index is 390. The van der Waals surface area contributed by atoms with Gasteiger partial charge in [0.05, 0.1) is 4.92 Å². The highest BCUT2D eigenvalue weighted by molar-refractivity contribution is 5.85. The lowest BCUT2D eigenvalue weighted by atomic mass is 10.0. The first kappa shape index (κ1) is 12.9. The molecule has 0 saturated carbocycles. The molecule has 1 aliphatic heterocycles. The van der Waals surface area contributed by atoms with Crippen molar-refractivity contribution in [3.8, 4) is 0 Å². The van der Waals surface area contributed by atoms with Crippen LogP contribution in [0.5, 0.6) is 0 Å². The van der Waals surface area contributed by atoms with Gasteiger partial charge in [-0.1, -0.05) is 12.1 Å². The number of rotatable bonds is 2. The molecule has 88 valence electrons. The van der Waals surface area contributed by atoms with E-state index in [1.165, 1.54) is 0 Å². The van der Waals surface area contributed by atoms with Crippen LogP contribution in [-0.4, -0.2) is 11.5 Å². The van der Waals surface area contributed by atoms with E-state index in [4.69, 9.17) is 0 Å². The van der Waals surface area contributed by atoms with Crippen molar-refractivity contribution < 1.29 is 4.92 Å². The van der Waals surface area contributed by atoms with Crippen LogP contribution < -0.4 is 5.32 Å². The molecule has 1 saturated heterocycles. The van der Waals surface area contributed by atoms with Gasteiger partial charge >= 0.3 is 0 Å². The molecule has 0 radical (unpaired) electrons. The Morgan fingerprint density at radius 2 is 2.25 bits per heavy atom. The topological polar surface area (TPSA) is 55.2 Å². The maximum atomic E-state index is 10.8. The van der Waals surface area contributed by atoms with E-state index in [0.717, 1.165) is 30.5 Å². The number of benzene rings is 1. The van der Waals surface area contributed by atoms with Crippen molar-refractivity contribution in [1.82, 2.24) is 5.32 Å². The second-order valence-corrected chi connectivity index (χ2v) is 3.95. The van der Waals surface area contributed by atoms with Crippen LogP contribution in [0.4, 0.5) is 5.69 Å². The Morgan fingerprint density at radius 3 is 2.81 bits per heavy atom. The molecule has 0 aliphatic carbocycles. The molecule has 1 atom stereocenters. The highest BCUT2D eigenvalue weighted by Gasteiger charge is 2.19. The third-order valence-electron chi connectivity index (χ3n) is 2.89. The minimum atomic E-state index is -0.312. The molecule has 0 unspecified atom stereocenters. The van der Waals surface area contributed by atoms with Gasteiger partial charge in [0.15, 0.2) is 0 Å². The van der Waals surface area contributed by atoms with E-state index in [0.29, 0.717) is 6.04 Å². The van der Waals surface area contributed by atoms with Crippen molar-refractivity contribution in [2.24, 2.45) is 0 Å². The van der Waals surface area contributed by atoms with Gasteiger partial charge in [0.2, 0.25) is 0 Å². The van der Waals surface area contributed by atoms with Gasteiger partial charge in [-0.25, -0.2) is 0 Å². The quantitative estimate of drug-likeness (QED) is 0.641. The predicted molar refractivity (Wildman–Crippen MR) is 65.1 cm³/mol. The van der Waals surface area contributed by atoms with E-state index in [1.807, 2.05) is 12.1 Å². The van der Waals surface area contributed by atoms with Gasteiger partial charge in [-0.2, -0.15) is 0 Å². The van der Waals surface area contributed by atoms with Crippen LogP contribution in [0, 0.1) is 17.0 Å². The van der Waals surface area contributed by atoms with Crippen molar-refractivity contribution in [3.05, 3.63) is 39.4 Å². The first-order valence-electron chi connectivity index (χ1n) is 5.17. The largest absolute Gasteiger partial charge is 0.310 e. The minimum Gasteiger partial charge on any atom is -0.310 e. The monoisotopic (exact) mass is 242 g/mol. The number of nitro groups is 1. The summed E-state index contributed by atoms with van der Waals surface area (Å²) >= 11 is 0. The zero-order chi connectivity index (χ0) is 10.8. The zero-order valence-corrected chi connectivity index (χ0v) is 9.92. The fourth-order valence-electron chi connectivity index (χ4n) is 2.01. The number of aryl methyl sites for hydroxylation is 1. The Balaban J connectivity index is 0.00000128. The van der Waals surface area contributed by atoms with Crippen LogP contribution >= 0.6 is 12.4 Å². The van der Waals surface area contributed by atoms with Gasteiger partial charge in [0.1, 0.15) is 0 Å². The van der Waals surface area contributed by atoms with Gasteiger partial charge < -0.3 is 5.32 Å². The Kier molecular flexibility index (Phi) is 4.26. The fraction of sp³-hybridized carbons (Fsp3) is 0.455. The smallest absolute Gasteiger partial charge is 0.272 e. The zero-order valence-electron chi connectivity index (χ0n) is 9.10. The lowest BCUT2D eigenvalue weighted by Gasteiger charge is -2.10. The summed E-state index contributed by atoms with van der Waals surface area (Å²) in [7, 11) is 0. The molecule has 0 aromatic heterocycles. The van der Waals surface area contributed by atoms with Gasteiger partial charge in [-0.05, 0) is 31.9 Å². The Hall–Kier alpha value is -1.13. The van der Waals surface area contributed by atoms with Crippen molar-refractivity contribution in [2.75, 3.05) is 6.54 Å². The van der Waals surface area contributed by atoms with E-state index in [9.17, 15) is 10.1 Å². The molecule has 1 aliphatic rings. The normalized spacial score (nSPS) is 19.2. The Morgan fingerprint density at radius 1 is 1.50 bits per heavy atom. The molecule has 5 heteroatoms. The molecule has 0 spiro atoms. The van der Waals surface area contributed by atoms with Crippen LogP contribution in [0.2, 0.25) is 0 Å². The molecule has 1 aromatic rings. The minimum absolute atomic E-state index is 0. The lowest BCUT2D eigenvalue weighted by Crippen LogP contribution is -2.13. The summed E-state index contributed by atoms with van der Waals surface area (Å²) in [5, 5.41) is 14.1. The predicted octanol–water partition coefficient (Wildman–Crippen LogP) is 2.75. The molecule has 1 heterocycles. The molecule has 1 fully saturated rings.